The van der Waals surface area contributed by atoms with E-state index in [1.165, 1.54) is 0 Å². The first-order valence-electron chi connectivity index (χ1n) is 0.775. The summed E-state index contributed by atoms with van der Waals surface area (Å²) in [6, 6.07) is 0. The molecular weight excluding hydrogens is 218 g/mol. The largest absolute Gasteiger partial charge is 1.00 e. The van der Waals surface area contributed by atoms with Gasteiger partial charge >= 0.3 is 36.9 Å². The van der Waals surface area contributed by atoms with Crippen LogP contribution >= 0.6 is 0 Å². The van der Waals surface area contributed by atoms with Crippen LogP contribution in [-0.4, -0.2) is 33.4 Å². The van der Waals surface area contributed by atoms with Crippen molar-refractivity contribution >= 4 is 18.3 Å². The molecule has 7 heavy (non-hydrogen) atoms. The smallest absolute Gasteiger partial charge is 1.00 e. The average molecular weight is 226 g/mol. The molecule has 0 bridgehead atoms. The minimum atomic E-state index is -2.17. The van der Waals surface area contributed by atoms with E-state index in [9.17, 15) is 0 Å². The van der Waals surface area contributed by atoms with Gasteiger partial charge in [0.2, 0.25) is 0 Å². The standard InChI is InChI=1S/Ag.BH3O3.Na.H4Si.H/c;2-1(3)4;;;/h;2-4H;;1H4;/q;;+1;;-1. The summed E-state index contributed by atoms with van der Waals surface area (Å²) in [6.07, 6.45) is 0. The third kappa shape index (κ3) is 76.1. The molecule has 0 amide bonds. The molecule has 0 heterocycles. The minimum Gasteiger partial charge on any atom is -1.00 e. The fourth-order valence-electron chi connectivity index (χ4n) is 0. The second kappa shape index (κ2) is 15.7. The third-order valence-corrected chi connectivity index (χ3v) is 0. The predicted octanol–water partition coefficient (Wildman–Crippen LogP) is -6.39. The fraction of sp³-hybridized carbons (Fsp3) is 0. The van der Waals surface area contributed by atoms with Crippen molar-refractivity contribution in [1.82, 2.24) is 0 Å². The molecular formula is H8AgBNaO3Si. The topological polar surface area (TPSA) is 60.7 Å². The molecule has 0 saturated heterocycles. The Kier molecular flexibility index (Phi) is 51.8. The number of hydrogen-bond acceptors (Lipinski definition) is 3. The molecule has 45 valence electrons. The molecule has 0 aliphatic carbocycles. The SMILES string of the molecule is OB(O)O.[Ag].[H-].[Na+].[SiH4]. The van der Waals surface area contributed by atoms with Crippen molar-refractivity contribution in [3.8, 4) is 0 Å². The van der Waals surface area contributed by atoms with Crippen LogP contribution in [0.3, 0.4) is 0 Å². The molecule has 0 aliphatic heterocycles. The first-order valence-corrected chi connectivity index (χ1v) is 0.775. The molecule has 0 fully saturated rings. The van der Waals surface area contributed by atoms with Gasteiger partial charge in [-0.05, 0) is 11.0 Å². The van der Waals surface area contributed by atoms with Crippen LogP contribution in [0.25, 0.3) is 0 Å². The summed E-state index contributed by atoms with van der Waals surface area (Å²) >= 11 is 0. The summed E-state index contributed by atoms with van der Waals surface area (Å²) in [5, 5.41) is 21.5. The van der Waals surface area contributed by atoms with Crippen molar-refractivity contribution in [3.63, 3.8) is 0 Å². The van der Waals surface area contributed by atoms with Crippen LogP contribution in [0.15, 0.2) is 0 Å². The molecule has 3 N–H and O–H groups in total. The van der Waals surface area contributed by atoms with Crippen molar-refractivity contribution in [1.29, 1.82) is 0 Å². The zero-order chi connectivity index (χ0) is 3.58. The minimum absolute atomic E-state index is 0. The van der Waals surface area contributed by atoms with E-state index in [1.54, 1.807) is 0 Å². The van der Waals surface area contributed by atoms with Crippen LogP contribution in [0.2, 0.25) is 0 Å². The first-order chi connectivity index (χ1) is 1.73. The molecule has 0 aliphatic rings. The van der Waals surface area contributed by atoms with Gasteiger partial charge in [-0.3, -0.25) is 0 Å². The zero-order valence-electron chi connectivity index (χ0n) is 4.22. The van der Waals surface area contributed by atoms with Crippen LogP contribution in [0.5, 0.6) is 0 Å². The summed E-state index contributed by atoms with van der Waals surface area (Å²) in [5.41, 5.74) is 0. The predicted molar refractivity (Wildman–Crippen MR) is 24.9 cm³/mol. The summed E-state index contributed by atoms with van der Waals surface area (Å²) in [6.45, 7) is 0. The van der Waals surface area contributed by atoms with Gasteiger partial charge in [-0.15, -0.1) is 0 Å². The number of hydrogen-bond donors (Lipinski definition) is 3. The van der Waals surface area contributed by atoms with E-state index < -0.39 is 7.32 Å². The Bertz CT molecular complexity index is 24.0. The molecule has 0 spiro atoms. The van der Waals surface area contributed by atoms with Crippen molar-refractivity contribution in [2.45, 2.75) is 0 Å². The number of rotatable bonds is 0. The van der Waals surface area contributed by atoms with Crippen molar-refractivity contribution < 1.29 is 68.4 Å². The van der Waals surface area contributed by atoms with Gasteiger partial charge in [-0.2, -0.15) is 0 Å². The zero-order valence-corrected chi connectivity index (χ0v) is 6.70. The molecule has 0 rings (SSSR count). The monoisotopic (exact) mass is 225 g/mol. The molecule has 0 unspecified atom stereocenters. The van der Waals surface area contributed by atoms with E-state index >= 15 is 0 Å². The molecule has 0 aromatic heterocycles. The van der Waals surface area contributed by atoms with Crippen molar-refractivity contribution in [3.05, 3.63) is 0 Å². The first kappa shape index (κ1) is 23.1. The molecule has 3 nitrogen and oxygen atoms in total. The molecule has 0 aromatic rings. The second-order valence-electron chi connectivity index (χ2n) is 0.346. The van der Waals surface area contributed by atoms with Crippen LogP contribution in [0, 0.1) is 0 Å². The Morgan fingerprint density at radius 2 is 1.14 bits per heavy atom. The van der Waals surface area contributed by atoms with Gasteiger partial charge < -0.3 is 16.5 Å². The molecule has 0 aromatic carbocycles. The Hall–Kier alpha value is 1.90. The summed E-state index contributed by atoms with van der Waals surface area (Å²) in [7, 11) is -2.17. The summed E-state index contributed by atoms with van der Waals surface area (Å²) in [5.74, 6) is 0. The van der Waals surface area contributed by atoms with Gasteiger partial charge in [0.1, 0.15) is 0 Å². The maximum atomic E-state index is 7.17. The van der Waals surface area contributed by atoms with E-state index in [0.717, 1.165) is 0 Å². The average Bonchev–Trinajstić information content (AvgIpc) is 0.811. The van der Waals surface area contributed by atoms with Crippen LogP contribution in [0.1, 0.15) is 1.43 Å². The fourth-order valence-corrected chi connectivity index (χ4v) is 0. The third-order valence-electron chi connectivity index (χ3n) is 0. The Balaban J connectivity index is -0.00000000750. The van der Waals surface area contributed by atoms with Gasteiger partial charge in [0.15, 0.2) is 0 Å². The van der Waals surface area contributed by atoms with E-state index in [0.29, 0.717) is 0 Å². The van der Waals surface area contributed by atoms with Crippen LogP contribution < -0.4 is 29.6 Å². The van der Waals surface area contributed by atoms with E-state index in [2.05, 4.69) is 0 Å². The van der Waals surface area contributed by atoms with Gasteiger partial charge in [0.25, 0.3) is 0 Å². The Morgan fingerprint density at radius 3 is 1.14 bits per heavy atom. The second-order valence-corrected chi connectivity index (χ2v) is 0.346. The van der Waals surface area contributed by atoms with Crippen molar-refractivity contribution in [2.24, 2.45) is 0 Å². The van der Waals surface area contributed by atoms with Gasteiger partial charge in [0, 0.05) is 22.4 Å². The maximum Gasteiger partial charge on any atom is 1.00 e. The molecule has 1 radical (unpaired) electrons. The van der Waals surface area contributed by atoms with Crippen molar-refractivity contribution in [2.75, 3.05) is 0 Å². The van der Waals surface area contributed by atoms with Gasteiger partial charge in [-0.1, -0.05) is 0 Å². The molecule has 0 saturated carbocycles. The van der Waals surface area contributed by atoms with Gasteiger partial charge in [0.05, 0.1) is 0 Å². The maximum absolute atomic E-state index is 7.17. The summed E-state index contributed by atoms with van der Waals surface area (Å²) < 4.78 is 0. The Morgan fingerprint density at radius 1 is 1.14 bits per heavy atom. The van der Waals surface area contributed by atoms with E-state index in [1.807, 2.05) is 0 Å². The molecule has 0 atom stereocenters. The van der Waals surface area contributed by atoms with E-state index in [-0.39, 0.29) is 64.3 Å². The quantitative estimate of drug-likeness (QED) is 0.360. The van der Waals surface area contributed by atoms with Crippen LogP contribution in [0.4, 0.5) is 0 Å². The van der Waals surface area contributed by atoms with Gasteiger partial charge in [-0.25, -0.2) is 0 Å². The van der Waals surface area contributed by atoms with Crippen LogP contribution in [-0.2, 0) is 22.4 Å². The normalized spacial score (nSPS) is 3.86. The van der Waals surface area contributed by atoms with E-state index in [4.69, 9.17) is 15.1 Å². The Labute approximate surface area is 86.0 Å². The molecule has 7 heteroatoms. The summed E-state index contributed by atoms with van der Waals surface area (Å²) in [4.78, 5) is 0.